The quantitative estimate of drug-likeness (QED) is 0.713. The van der Waals surface area contributed by atoms with Crippen molar-refractivity contribution in [3.05, 3.63) is 58.1 Å². The molecular weight excluding hydrogens is 342 g/mol. The maximum atomic E-state index is 5.63. The fraction of sp³-hybridized carbons (Fsp3) is 0.333. The lowest BCUT2D eigenvalue weighted by Gasteiger charge is -2.13. The van der Waals surface area contributed by atoms with Gasteiger partial charge in [0, 0.05) is 11.0 Å². The molecule has 2 aromatic rings. The Bertz CT molecular complexity index is 587. The normalized spacial score (nSPS) is 10.5. The molecule has 2 aromatic carbocycles. The first-order valence-electron chi connectivity index (χ1n) is 7.48. The van der Waals surface area contributed by atoms with Crippen LogP contribution in [0.5, 0.6) is 11.5 Å². The topological polar surface area (TPSA) is 30.5 Å². The van der Waals surface area contributed by atoms with Gasteiger partial charge in [-0.2, -0.15) is 0 Å². The second-order valence-electron chi connectivity index (χ2n) is 4.94. The predicted octanol–water partition coefficient (Wildman–Crippen LogP) is 4.19. The summed E-state index contributed by atoms with van der Waals surface area (Å²) >= 11 is 3.59. The van der Waals surface area contributed by atoms with E-state index in [1.807, 2.05) is 25.1 Å². The number of benzene rings is 2. The van der Waals surface area contributed by atoms with Crippen LogP contribution < -0.4 is 14.8 Å². The SMILES string of the molecule is CCOc1cc(CNCCc2ccccc2)c(Br)cc1OC. The Balaban J connectivity index is 1.93. The summed E-state index contributed by atoms with van der Waals surface area (Å²) in [6.07, 6.45) is 1.02. The van der Waals surface area contributed by atoms with Crippen LogP contribution in [0, 0.1) is 0 Å². The van der Waals surface area contributed by atoms with E-state index in [2.05, 4.69) is 45.5 Å². The highest BCUT2D eigenvalue weighted by Crippen LogP contribution is 2.33. The molecule has 0 amide bonds. The van der Waals surface area contributed by atoms with E-state index >= 15 is 0 Å². The molecule has 0 radical (unpaired) electrons. The lowest BCUT2D eigenvalue weighted by atomic mass is 10.1. The van der Waals surface area contributed by atoms with Crippen molar-refractivity contribution in [3.63, 3.8) is 0 Å². The standard InChI is InChI=1S/C18H22BrNO2/c1-3-22-18-11-15(16(19)12-17(18)21-2)13-20-10-9-14-7-5-4-6-8-14/h4-8,11-12,20H,3,9-10,13H2,1-2H3. The molecule has 4 heteroatoms. The van der Waals surface area contributed by atoms with Gasteiger partial charge in [-0.3, -0.25) is 0 Å². The van der Waals surface area contributed by atoms with Crippen molar-refractivity contribution in [2.24, 2.45) is 0 Å². The van der Waals surface area contributed by atoms with Crippen molar-refractivity contribution in [1.82, 2.24) is 5.32 Å². The maximum absolute atomic E-state index is 5.63. The van der Waals surface area contributed by atoms with Gasteiger partial charge in [-0.25, -0.2) is 0 Å². The first kappa shape index (κ1) is 16.8. The van der Waals surface area contributed by atoms with E-state index in [-0.39, 0.29) is 0 Å². The molecule has 0 aromatic heterocycles. The van der Waals surface area contributed by atoms with Crippen molar-refractivity contribution >= 4 is 15.9 Å². The molecule has 0 aliphatic carbocycles. The van der Waals surface area contributed by atoms with Crippen LogP contribution in [-0.4, -0.2) is 20.3 Å². The molecule has 0 heterocycles. The number of halogens is 1. The number of methoxy groups -OCH3 is 1. The number of hydrogen-bond donors (Lipinski definition) is 1. The summed E-state index contributed by atoms with van der Waals surface area (Å²) in [5.74, 6) is 1.54. The third-order valence-electron chi connectivity index (χ3n) is 3.38. The molecule has 0 atom stereocenters. The van der Waals surface area contributed by atoms with E-state index in [9.17, 15) is 0 Å². The highest BCUT2D eigenvalue weighted by atomic mass is 79.9. The molecule has 0 bridgehead atoms. The Morgan fingerprint density at radius 2 is 1.86 bits per heavy atom. The molecule has 0 unspecified atom stereocenters. The fourth-order valence-electron chi connectivity index (χ4n) is 2.24. The number of nitrogens with one attached hydrogen (secondary N) is 1. The van der Waals surface area contributed by atoms with E-state index in [1.165, 1.54) is 5.56 Å². The smallest absolute Gasteiger partial charge is 0.161 e. The highest BCUT2D eigenvalue weighted by Gasteiger charge is 2.09. The molecular formula is C18H22BrNO2. The molecule has 0 aliphatic rings. The second-order valence-corrected chi connectivity index (χ2v) is 5.79. The molecule has 0 aliphatic heterocycles. The zero-order valence-corrected chi connectivity index (χ0v) is 14.7. The second kappa shape index (κ2) is 8.81. The Morgan fingerprint density at radius 3 is 2.55 bits per heavy atom. The van der Waals surface area contributed by atoms with Crippen molar-refractivity contribution < 1.29 is 9.47 Å². The molecule has 0 saturated heterocycles. The first-order valence-corrected chi connectivity index (χ1v) is 8.27. The number of ether oxygens (including phenoxy) is 2. The fourth-order valence-corrected chi connectivity index (χ4v) is 2.70. The minimum absolute atomic E-state index is 0.624. The molecule has 2 rings (SSSR count). The molecule has 0 spiro atoms. The summed E-state index contributed by atoms with van der Waals surface area (Å²) in [6, 6.07) is 14.5. The van der Waals surface area contributed by atoms with E-state index in [0.29, 0.717) is 6.61 Å². The van der Waals surface area contributed by atoms with Crippen molar-refractivity contribution in [1.29, 1.82) is 0 Å². The number of hydrogen-bond acceptors (Lipinski definition) is 3. The summed E-state index contributed by atoms with van der Waals surface area (Å²) in [5.41, 5.74) is 2.51. The largest absolute Gasteiger partial charge is 0.493 e. The van der Waals surface area contributed by atoms with Crippen LogP contribution in [0.15, 0.2) is 46.9 Å². The van der Waals surface area contributed by atoms with Gasteiger partial charge in [0.1, 0.15) is 0 Å². The summed E-state index contributed by atoms with van der Waals surface area (Å²) < 4.78 is 12.0. The van der Waals surface area contributed by atoms with Gasteiger partial charge in [0.25, 0.3) is 0 Å². The minimum Gasteiger partial charge on any atom is -0.493 e. The molecule has 3 nitrogen and oxygen atoms in total. The zero-order valence-electron chi connectivity index (χ0n) is 13.1. The third kappa shape index (κ3) is 4.75. The van der Waals surface area contributed by atoms with Gasteiger partial charge in [0.15, 0.2) is 11.5 Å². The molecule has 118 valence electrons. The predicted molar refractivity (Wildman–Crippen MR) is 93.7 cm³/mol. The van der Waals surface area contributed by atoms with Gasteiger partial charge in [-0.1, -0.05) is 46.3 Å². The summed E-state index contributed by atoms with van der Waals surface area (Å²) in [5, 5.41) is 3.47. The van der Waals surface area contributed by atoms with Crippen LogP contribution in [0.25, 0.3) is 0 Å². The first-order chi connectivity index (χ1) is 10.7. The van der Waals surface area contributed by atoms with Crippen LogP contribution in [0.4, 0.5) is 0 Å². The third-order valence-corrected chi connectivity index (χ3v) is 4.12. The lowest BCUT2D eigenvalue weighted by Crippen LogP contribution is -2.17. The number of rotatable bonds is 8. The van der Waals surface area contributed by atoms with Crippen LogP contribution in [-0.2, 0) is 13.0 Å². The van der Waals surface area contributed by atoms with Crippen molar-refractivity contribution in [2.75, 3.05) is 20.3 Å². The molecule has 0 fully saturated rings. The Kier molecular flexibility index (Phi) is 6.74. The summed E-state index contributed by atoms with van der Waals surface area (Å²) in [6.45, 7) is 4.32. The van der Waals surface area contributed by atoms with Gasteiger partial charge in [0.05, 0.1) is 13.7 Å². The van der Waals surface area contributed by atoms with Gasteiger partial charge in [-0.05, 0) is 43.1 Å². The van der Waals surface area contributed by atoms with Crippen LogP contribution in [0.2, 0.25) is 0 Å². The van der Waals surface area contributed by atoms with Crippen LogP contribution in [0.1, 0.15) is 18.1 Å². The van der Waals surface area contributed by atoms with Gasteiger partial charge >= 0.3 is 0 Å². The Labute approximate surface area is 140 Å². The van der Waals surface area contributed by atoms with E-state index in [4.69, 9.17) is 9.47 Å². The van der Waals surface area contributed by atoms with Crippen LogP contribution in [0.3, 0.4) is 0 Å². The monoisotopic (exact) mass is 363 g/mol. The maximum Gasteiger partial charge on any atom is 0.161 e. The van der Waals surface area contributed by atoms with Gasteiger partial charge in [-0.15, -0.1) is 0 Å². The van der Waals surface area contributed by atoms with Crippen LogP contribution >= 0.6 is 15.9 Å². The van der Waals surface area contributed by atoms with E-state index in [0.717, 1.165) is 41.0 Å². The van der Waals surface area contributed by atoms with Crippen molar-refractivity contribution in [3.8, 4) is 11.5 Å². The average molecular weight is 364 g/mol. The van der Waals surface area contributed by atoms with E-state index < -0.39 is 0 Å². The minimum atomic E-state index is 0.624. The summed E-state index contributed by atoms with van der Waals surface area (Å²) in [4.78, 5) is 0. The Morgan fingerprint density at radius 1 is 1.09 bits per heavy atom. The molecule has 0 saturated carbocycles. The highest BCUT2D eigenvalue weighted by molar-refractivity contribution is 9.10. The summed E-state index contributed by atoms with van der Waals surface area (Å²) in [7, 11) is 1.65. The molecule has 22 heavy (non-hydrogen) atoms. The average Bonchev–Trinajstić information content (AvgIpc) is 2.55. The lowest BCUT2D eigenvalue weighted by molar-refractivity contribution is 0.310. The van der Waals surface area contributed by atoms with Gasteiger partial charge in [0.2, 0.25) is 0 Å². The Hall–Kier alpha value is -1.52. The zero-order chi connectivity index (χ0) is 15.8. The molecule has 1 N–H and O–H groups in total. The van der Waals surface area contributed by atoms with Gasteiger partial charge < -0.3 is 14.8 Å². The van der Waals surface area contributed by atoms with E-state index in [1.54, 1.807) is 7.11 Å². The van der Waals surface area contributed by atoms with Crippen molar-refractivity contribution in [2.45, 2.75) is 19.9 Å².